The van der Waals surface area contributed by atoms with E-state index in [1.54, 1.807) is 14.0 Å². The summed E-state index contributed by atoms with van der Waals surface area (Å²) in [6.07, 6.45) is 3.76. The fraction of sp³-hybridized carbons (Fsp3) is 0.647. The van der Waals surface area contributed by atoms with Crippen molar-refractivity contribution < 1.29 is 14.2 Å². The zero-order valence-corrected chi connectivity index (χ0v) is 13.4. The van der Waals surface area contributed by atoms with Crippen LogP contribution in [0.4, 0.5) is 4.39 Å². The lowest BCUT2D eigenvalue weighted by Crippen LogP contribution is -2.40. The summed E-state index contributed by atoms with van der Waals surface area (Å²) in [7, 11) is 1.63. The average molecular weight is 297 g/mol. The highest BCUT2D eigenvalue weighted by molar-refractivity contribution is 5.20. The molecule has 1 rings (SSSR count). The zero-order valence-electron chi connectivity index (χ0n) is 13.4. The molecule has 2 N–H and O–H groups in total. The molecule has 21 heavy (non-hydrogen) atoms. The second kappa shape index (κ2) is 9.13. The van der Waals surface area contributed by atoms with E-state index in [1.165, 1.54) is 12.1 Å². The fourth-order valence-corrected chi connectivity index (χ4v) is 2.24. The van der Waals surface area contributed by atoms with Crippen molar-refractivity contribution >= 4 is 0 Å². The smallest absolute Gasteiger partial charge is 0.123 e. The van der Waals surface area contributed by atoms with Crippen molar-refractivity contribution in [1.29, 1.82) is 0 Å². The molecule has 1 aromatic rings. The number of rotatable bonds is 10. The van der Waals surface area contributed by atoms with Crippen molar-refractivity contribution in [3.8, 4) is 0 Å². The van der Waals surface area contributed by atoms with Crippen molar-refractivity contribution in [3.05, 3.63) is 35.6 Å². The van der Waals surface area contributed by atoms with Crippen LogP contribution in [0.5, 0.6) is 0 Å². The van der Waals surface area contributed by atoms with Crippen LogP contribution in [-0.4, -0.2) is 31.0 Å². The maximum absolute atomic E-state index is 13.0. The molecule has 0 radical (unpaired) electrons. The van der Waals surface area contributed by atoms with E-state index < -0.39 is 5.60 Å². The van der Waals surface area contributed by atoms with Crippen molar-refractivity contribution in [2.24, 2.45) is 0 Å². The highest BCUT2D eigenvalue weighted by atomic mass is 19.1. The van der Waals surface area contributed by atoms with Crippen molar-refractivity contribution in [2.75, 3.05) is 20.3 Å². The Kier molecular flexibility index (Phi) is 7.86. The molecular formula is C17H28FNO2. The molecule has 0 heterocycles. The Balaban J connectivity index is 2.63. The van der Waals surface area contributed by atoms with Crippen LogP contribution in [-0.2, 0) is 4.74 Å². The van der Waals surface area contributed by atoms with Crippen LogP contribution in [0.2, 0.25) is 0 Å². The summed E-state index contributed by atoms with van der Waals surface area (Å²) < 4.78 is 18.1. The first kappa shape index (κ1) is 18.1. The van der Waals surface area contributed by atoms with Gasteiger partial charge in [0.1, 0.15) is 5.82 Å². The van der Waals surface area contributed by atoms with Gasteiger partial charge in [0.05, 0.1) is 5.60 Å². The molecule has 2 unspecified atom stereocenters. The first-order chi connectivity index (χ1) is 9.98. The Morgan fingerprint density at radius 3 is 2.57 bits per heavy atom. The lowest BCUT2D eigenvalue weighted by molar-refractivity contribution is 0.0224. The molecule has 0 amide bonds. The normalized spacial score (nSPS) is 15.7. The zero-order chi connectivity index (χ0) is 15.7. The molecule has 0 aromatic heterocycles. The second-order valence-electron chi connectivity index (χ2n) is 5.87. The van der Waals surface area contributed by atoms with Gasteiger partial charge >= 0.3 is 0 Å². The molecule has 0 spiro atoms. The van der Waals surface area contributed by atoms with Crippen LogP contribution in [0.1, 0.15) is 51.1 Å². The van der Waals surface area contributed by atoms with Crippen LogP contribution < -0.4 is 5.32 Å². The third-order valence-electron chi connectivity index (χ3n) is 3.69. The molecule has 0 aliphatic carbocycles. The summed E-state index contributed by atoms with van der Waals surface area (Å²) in [6.45, 7) is 4.98. The summed E-state index contributed by atoms with van der Waals surface area (Å²) in [5, 5.41) is 13.7. The monoisotopic (exact) mass is 297 g/mol. The summed E-state index contributed by atoms with van der Waals surface area (Å²) in [5.74, 6) is -0.222. The molecule has 0 saturated carbocycles. The van der Waals surface area contributed by atoms with Gasteiger partial charge in [-0.1, -0.05) is 31.9 Å². The van der Waals surface area contributed by atoms with E-state index in [9.17, 15) is 9.50 Å². The Morgan fingerprint density at radius 1 is 1.33 bits per heavy atom. The van der Waals surface area contributed by atoms with Gasteiger partial charge in [-0.3, -0.25) is 0 Å². The van der Waals surface area contributed by atoms with E-state index in [4.69, 9.17) is 4.74 Å². The molecule has 4 heteroatoms. The van der Waals surface area contributed by atoms with Crippen LogP contribution >= 0.6 is 0 Å². The first-order valence-electron chi connectivity index (χ1n) is 7.68. The molecule has 0 fully saturated rings. The lowest BCUT2D eigenvalue weighted by atomic mass is 9.98. The molecule has 1 aromatic carbocycles. The quantitative estimate of drug-likeness (QED) is 0.695. The molecule has 0 aliphatic rings. The van der Waals surface area contributed by atoms with Crippen molar-refractivity contribution in [3.63, 3.8) is 0 Å². The number of hydrogen-bond acceptors (Lipinski definition) is 3. The van der Waals surface area contributed by atoms with E-state index in [1.807, 2.05) is 12.1 Å². The van der Waals surface area contributed by atoms with Crippen LogP contribution in [0.25, 0.3) is 0 Å². The van der Waals surface area contributed by atoms with Gasteiger partial charge in [-0.15, -0.1) is 0 Å². The molecule has 3 nitrogen and oxygen atoms in total. The Morgan fingerprint density at radius 2 is 2.00 bits per heavy atom. The number of unbranched alkanes of at least 4 members (excludes halogenated alkanes) is 1. The Hall–Kier alpha value is -0.970. The van der Waals surface area contributed by atoms with Gasteiger partial charge in [0.15, 0.2) is 0 Å². The minimum Gasteiger partial charge on any atom is -0.389 e. The largest absolute Gasteiger partial charge is 0.389 e. The van der Waals surface area contributed by atoms with E-state index >= 15 is 0 Å². The third-order valence-corrected chi connectivity index (χ3v) is 3.69. The fourth-order valence-electron chi connectivity index (χ4n) is 2.24. The number of ether oxygens (including phenoxy) is 1. The number of aliphatic hydroxyl groups is 1. The molecular weight excluding hydrogens is 269 g/mol. The van der Waals surface area contributed by atoms with Crippen LogP contribution in [0.3, 0.4) is 0 Å². The lowest BCUT2D eigenvalue weighted by Gasteiger charge is -2.27. The summed E-state index contributed by atoms with van der Waals surface area (Å²) in [4.78, 5) is 0. The van der Waals surface area contributed by atoms with Gasteiger partial charge in [0, 0.05) is 32.7 Å². The molecule has 0 saturated heterocycles. The SMILES string of the molecule is CCCCC(NCC(C)(O)CCOC)c1ccc(F)cc1. The van der Waals surface area contributed by atoms with Gasteiger partial charge in [0.2, 0.25) is 0 Å². The van der Waals surface area contributed by atoms with Crippen LogP contribution in [0, 0.1) is 5.82 Å². The highest BCUT2D eigenvalue weighted by Crippen LogP contribution is 2.21. The summed E-state index contributed by atoms with van der Waals surface area (Å²) in [5.41, 5.74) is 0.257. The number of benzene rings is 1. The standard InChI is InChI=1S/C17H28FNO2/c1-4-5-6-16(14-7-9-15(18)10-8-14)19-13-17(2,20)11-12-21-3/h7-10,16,19-20H,4-6,11-13H2,1-3H3. The maximum atomic E-state index is 13.0. The second-order valence-corrected chi connectivity index (χ2v) is 5.87. The third kappa shape index (κ3) is 7.02. The van der Waals surface area contributed by atoms with E-state index in [-0.39, 0.29) is 11.9 Å². The summed E-state index contributed by atoms with van der Waals surface area (Å²) in [6, 6.07) is 6.73. The molecule has 2 atom stereocenters. The van der Waals surface area contributed by atoms with E-state index in [0.717, 1.165) is 24.8 Å². The molecule has 120 valence electrons. The van der Waals surface area contributed by atoms with Gasteiger partial charge < -0.3 is 15.2 Å². The summed E-state index contributed by atoms with van der Waals surface area (Å²) >= 11 is 0. The van der Waals surface area contributed by atoms with Gasteiger partial charge in [-0.25, -0.2) is 4.39 Å². The van der Waals surface area contributed by atoms with Crippen molar-refractivity contribution in [1.82, 2.24) is 5.32 Å². The van der Waals surface area contributed by atoms with Crippen LogP contribution in [0.15, 0.2) is 24.3 Å². The first-order valence-corrected chi connectivity index (χ1v) is 7.68. The molecule has 0 bridgehead atoms. The van der Waals surface area contributed by atoms with Crippen molar-refractivity contribution in [2.45, 2.75) is 51.2 Å². The predicted octanol–water partition coefficient (Wildman–Crippen LogP) is 3.43. The average Bonchev–Trinajstić information content (AvgIpc) is 2.46. The number of hydrogen-bond donors (Lipinski definition) is 2. The minimum absolute atomic E-state index is 0.138. The topological polar surface area (TPSA) is 41.5 Å². The number of methoxy groups -OCH3 is 1. The molecule has 0 aliphatic heterocycles. The van der Waals surface area contributed by atoms with Gasteiger partial charge in [-0.05, 0) is 31.0 Å². The maximum Gasteiger partial charge on any atom is 0.123 e. The number of halogens is 1. The Bertz CT molecular complexity index is 392. The van der Waals surface area contributed by atoms with E-state index in [0.29, 0.717) is 19.6 Å². The highest BCUT2D eigenvalue weighted by Gasteiger charge is 2.22. The van der Waals surface area contributed by atoms with E-state index in [2.05, 4.69) is 12.2 Å². The predicted molar refractivity (Wildman–Crippen MR) is 83.8 cm³/mol. The number of nitrogens with one attached hydrogen (secondary N) is 1. The van der Waals surface area contributed by atoms with Gasteiger partial charge in [-0.2, -0.15) is 0 Å². The Labute approximate surface area is 127 Å². The minimum atomic E-state index is -0.805. The van der Waals surface area contributed by atoms with Gasteiger partial charge in [0.25, 0.3) is 0 Å².